The first-order valence-corrected chi connectivity index (χ1v) is 5.01. The van der Waals surface area contributed by atoms with Crippen LogP contribution < -0.4 is 0 Å². The van der Waals surface area contributed by atoms with Crippen LogP contribution in [0, 0.1) is 0 Å². The predicted molar refractivity (Wildman–Crippen MR) is 49.2 cm³/mol. The molecule has 0 N–H and O–H groups in total. The van der Waals surface area contributed by atoms with Gasteiger partial charge in [0, 0.05) is 19.1 Å². The molecule has 0 spiro atoms. The average molecular weight is 169 g/mol. The van der Waals surface area contributed by atoms with Gasteiger partial charge in [0.05, 0.1) is 11.7 Å². The first kappa shape index (κ1) is 8.52. The Morgan fingerprint density at radius 3 is 2.83 bits per heavy atom. The lowest BCUT2D eigenvalue weighted by molar-refractivity contribution is -0.106. The van der Waals surface area contributed by atoms with E-state index in [1.54, 1.807) is 0 Å². The summed E-state index contributed by atoms with van der Waals surface area (Å²) < 4.78 is 5.92. The second kappa shape index (κ2) is 2.71. The van der Waals surface area contributed by atoms with Crippen LogP contribution in [-0.4, -0.2) is 35.7 Å². The molecule has 2 atom stereocenters. The molecular formula is C10H19NO. The summed E-state index contributed by atoms with van der Waals surface area (Å²) in [5, 5.41) is 0. The fourth-order valence-corrected chi connectivity index (χ4v) is 2.38. The molecule has 0 amide bonds. The van der Waals surface area contributed by atoms with Gasteiger partial charge in [0.25, 0.3) is 0 Å². The van der Waals surface area contributed by atoms with E-state index < -0.39 is 0 Å². The van der Waals surface area contributed by atoms with Gasteiger partial charge >= 0.3 is 0 Å². The van der Waals surface area contributed by atoms with Crippen LogP contribution in [0.3, 0.4) is 0 Å². The maximum atomic E-state index is 5.92. The lowest BCUT2D eigenvalue weighted by Crippen LogP contribution is -2.51. The fourth-order valence-electron chi connectivity index (χ4n) is 2.38. The van der Waals surface area contributed by atoms with Gasteiger partial charge < -0.3 is 4.74 Å². The zero-order valence-corrected chi connectivity index (χ0v) is 8.34. The minimum atomic E-state index is 0.174. The van der Waals surface area contributed by atoms with Crippen LogP contribution >= 0.6 is 0 Å². The number of morpholine rings is 1. The maximum absolute atomic E-state index is 5.92. The molecule has 70 valence electrons. The molecule has 2 heteroatoms. The molecule has 2 fully saturated rings. The van der Waals surface area contributed by atoms with E-state index >= 15 is 0 Å². The van der Waals surface area contributed by atoms with Crippen molar-refractivity contribution >= 4 is 0 Å². The number of ether oxygens (including phenoxy) is 1. The van der Waals surface area contributed by atoms with E-state index in [9.17, 15) is 0 Å². The highest BCUT2D eigenvalue weighted by molar-refractivity contribution is 4.94. The number of likely N-dealkylation sites (tertiary alicyclic amines) is 1. The topological polar surface area (TPSA) is 12.5 Å². The SMILES string of the molecule is CC(C)N1C[C@H]2CC[C@@](C)(C1)O2. The molecule has 0 aromatic rings. The average Bonchev–Trinajstić information content (AvgIpc) is 2.25. The fraction of sp³-hybridized carbons (Fsp3) is 1.00. The quantitative estimate of drug-likeness (QED) is 0.592. The van der Waals surface area contributed by atoms with Gasteiger partial charge in [-0.2, -0.15) is 0 Å². The van der Waals surface area contributed by atoms with E-state index in [0.29, 0.717) is 12.1 Å². The van der Waals surface area contributed by atoms with Gasteiger partial charge in [-0.25, -0.2) is 0 Å². The molecule has 2 bridgehead atoms. The third kappa shape index (κ3) is 1.38. The Kier molecular flexibility index (Phi) is 1.92. The van der Waals surface area contributed by atoms with Crippen LogP contribution in [0.15, 0.2) is 0 Å². The van der Waals surface area contributed by atoms with Crippen LogP contribution in [0.25, 0.3) is 0 Å². The van der Waals surface area contributed by atoms with Crippen LogP contribution in [0.4, 0.5) is 0 Å². The summed E-state index contributed by atoms with van der Waals surface area (Å²) in [6, 6.07) is 0.675. The van der Waals surface area contributed by atoms with Crippen molar-refractivity contribution in [1.82, 2.24) is 4.90 Å². The van der Waals surface area contributed by atoms with Crippen LogP contribution in [0.5, 0.6) is 0 Å². The molecule has 0 saturated carbocycles. The molecule has 2 aliphatic rings. The van der Waals surface area contributed by atoms with Crippen molar-refractivity contribution in [3.05, 3.63) is 0 Å². The summed E-state index contributed by atoms with van der Waals surface area (Å²) in [6.07, 6.45) is 3.03. The second-order valence-corrected chi connectivity index (χ2v) is 4.75. The minimum Gasteiger partial charge on any atom is -0.369 e. The first-order valence-electron chi connectivity index (χ1n) is 5.01. The minimum absolute atomic E-state index is 0.174. The molecule has 2 nitrogen and oxygen atoms in total. The standard InChI is InChI=1S/C10H19NO/c1-8(2)11-6-9-4-5-10(3,7-11)12-9/h8-9H,4-7H2,1-3H3/t9-,10+/m1/s1. The summed E-state index contributed by atoms with van der Waals surface area (Å²) in [6.45, 7) is 9.07. The summed E-state index contributed by atoms with van der Waals surface area (Å²) in [5.41, 5.74) is 0.174. The third-order valence-electron chi connectivity index (χ3n) is 3.15. The smallest absolute Gasteiger partial charge is 0.0786 e. The lowest BCUT2D eigenvalue weighted by Gasteiger charge is -2.40. The van der Waals surface area contributed by atoms with Crippen molar-refractivity contribution < 1.29 is 4.74 Å². The molecule has 2 saturated heterocycles. The van der Waals surface area contributed by atoms with Gasteiger partial charge in [0.2, 0.25) is 0 Å². The Morgan fingerprint density at radius 1 is 1.50 bits per heavy atom. The molecule has 2 heterocycles. The van der Waals surface area contributed by atoms with Crippen molar-refractivity contribution in [3.63, 3.8) is 0 Å². The van der Waals surface area contributed by atoms with Crippen molar-refractivity contribution in [1.29, 1.82) is 0 Å². The molecule has 0 aliphatic carbocycles. The second-order valence-electron chi connectivity index (χ2n) is 4.75. The number of fused-ring (bicyclic) bond motifs is 2. The van der Waals surface area contributed by atoms with Crippen molar-refractivity contribution in [2.75, 3.05) is 13.1 Å². The van der Waals surface area contributed by atoms with E-state index in [2.05, 4.69) is 25.7 Å². The molecule has 2 rings (SSSR count). The number of hydrogen-bond acceptors (Lipinski definition) is 2. The zero-order valence-electron chi connectivity index (χ0n) is 8.34. The van der Waals surface area contributed by atoms with Crippen LogP contribution in [0.2, 0.25) is 0 Å². The largest absolute Gasteiger partial charge is 0.369 e. The highest BCUT2D eigenvalue weighted by Crippen LogP contribution is 2.35. The first-order chi connectivity index (χ1) is 5.59. The Bertz CT molecular complexity index is 181. The molecule has 0 aromatic heterocycles. The van der Waals surface area contributed by atoms with E-state index in [1.807, 2.05) is 0 Å². The Hall–Kier alpha value is -0.0800. The molecule has 0 aromatic carbocycles. The van der Waals surface area contributed by atoms with Gasteiger partial charge in [0.15, 0.2) is 0 Å². The predicted octanol–water partition coefficient (Wildman–Crippen LogP) is 1.65. The van der Waals surface area contributed by atoms with Crippen LogP contribution in [-0.2, 0) is 4.74 Å². The number of rotatable bonds is 1. The van der Waals surface area contributed by atoms with Gasteiger partial charge in [-0.15, -0.1) is 0 Å². The maximum Gasteiger partial charge on any atom is 0.0786 e. The Morgan fingerprint density at radius 2 is 2.25 bits per heavy atom. The van der Waals surface area contributed by atoms with E-state index in [4.69, 9.17) is 4.74 Å². The number of hydrogen-bond donors (Lipinski definition) is 0. The molecule has 0 unspecified atom stereocenters. The van der Waals surface area contributed by atoms with Gasteiger partial charge in [0.1, 0.15) is 0 Å². The summed E-state index contributed by atoms with van der Waals surface area (Å²) in [5.74, 6) is 0. The van der Waals surface area contributed by atoms with E-state index in [1.165, 1.54) is 12.8 Å². The Balaban J connectivity index is 2.06. The van der Waals surface area contributed by atoms with Gasteiger partial charge in [-0.05, 0) is 33.6 Å². The highest BCUT2D eigenvalue weighted by atomic mass is 16.5. The monoisotopic (exact) mass is 169 g/mol. The van der Waals surface area contributed by atoms with Crippen molar-refractivity contribution in [2.24, 2.45) is 0 Å². The molecule has 12 heavy (non-hydrogen) atoms. The zero-order chi connectivity index (χ0) is 8.77. The normalized spacial score (nSPS) is 42.5. The van der Waals surface area contributed by atoms with Gasteiger partial charge in [-0.1, -0.05) is 0 Å². The molecule has 2 aliphatic heterocycles. The molecule has 0 radical (unpaired) electrons. The number of nitrogens with zero attached hydrogens (tertiary/aromatic N) is 1. The van der Waals surface area contributed by atoms with Crippen LogP contribution in [0.1, 0.15) is 33.6 Å². The van der Waals surface area contributed by atoms with Crippen molar-refractivity contribution in [2.45, 2.75) is 51.4 Å². The van der Waals surface area contributed by atoms with E-state index in [0.717, 1.165) is 13.1 Å². The van der Waals surface area contributed by atoms with Gasteiger partial charge in [-0.3, -0.25) is 4.90 Å². The van der Waals surface area contributed by atoms with Crippen molar-refractivity contribution in [3.8, 4) is 0 Å². The summed E-state index contributed by atoms with van der Waals surface area (Å²) >= 11 is 0. The lowest BCUT2D eigenvalue weighted by atomic mass is 10.0. The molecular weight excluding hydrogens is 150 g/mol. The highest BCUT2D eigenvalue weighted by Gasteiger charge is 2.42. The van der Waals surface area contributed by atoms with E-state index in [-0.39, 0.29) is 5.60 Å². The summed E-state index contributed by atoms with van der Waals surface area (Å²) in [4.78, 5) is 2.54. The third-order valence-corrected chi connectivity index (χ3v) is 3.15. The summed E-state index contributed by atoms with van der Waals surface area (Å²) in [7, 11) is 0. The Labute approximate surface area is 74.9 Å².